The molecule has 47 heavy (non-hydrogen) atoms. The topological polar surface area (TPSA) is 96.9 Å². The van der Waals surface area contributed by atoms with Crippen LogP contribution in [0.1, 0.15) is 36.0 Å². The Morgan fingerprint density at radius 2 is 1.55 bits per heavy atom. The molecule has 0 saturated carbocycles. The fourth-order valence-electron chi connectivity index (χ4n) is 6.06. The van der Waals surface area contributed by atoms with Crippen LogP contribution in [0.2, 0.25) is 0 Å². The number of para-hydroxylation sites is 1. The number of rotatable bonds is 17. The van der Waals surface area contributed by atoms with Gasteiger partial charge in [0.2, 0.25) is 0 Å². The van der Waals surface area contributed by atoms with Crippen LogP contribution in [0.4, 0.5) is 0 Å². The lowest BCUT2D eigenvalue weighted by atomic mass is 9.85. The smallest absolute Gasteiger partial charge is 0.183 e. The number of fused-ring (bicyclic) bond motifs is 1. The molecule has 2 N–H and O–H groups in total. The monoisotopic (exact) mass is 645 g/mol. The average molecular weight is 646 g/mol. The SMILES string of the molecule is COc1ccccc1COCCCOc1ccc([C@@H]2[C@@H](OCc3cc(OC)c4ccccc4c3)CNC[C@H]2OC(OC)C(C)O)cc1. The summed E-state index contributed by atoms with van der Waals surface area (Å²) in [5.41, 5.74) is 3.11. The fraction of sp³-hybridized carbons (Fsp3) is 0.421. The number of aliphatic hydroxyl groups excluding tert-OH is 1. The number of piperidine rings is 1. The first kappa shape index (κ1) is 34.6. The van der Waals surface area contributed by atoms with Gasteiger partial charge in [0.15, 0.2) is 6.29 Å². The molecule has 4 aromatic rings. The fourth-order valence-corrected chi connectivity index (χ4v) is 6.06. The minimum atomic E-state index is -0.790. The molecule has 1 saturated heterocycles. The van der Waals surface area contributed by atoms with Crippen LogP contribution in [0.3, 0.4) is 0 Å². The molecule has 5 atom stereocenters. The van der Waals surface area contributed by atoms with Gasteiger partial charge in [0.1, 0.15) is 23.4 Å². The van der Waals surface area contributed by atoms with E-state index in [1.54, 1.807) is 28.3 Å². The molecule has 5 rings (SSSR count). The highest BCUT2D eigenvalue weighted by molar-refractivity contribution is 5.89. The molecule has 0 spiro atoms. The van der Waals surface area contributed by atoms with E-state index in [1.165, 1.54) is 0 Å². The molecule has 0 amide bonds. The Morgan fingerprint density at radius 1 is 0.809 bits per heavy atom. The van der Waals surface area contributed by atoms with Gasteiger partial charge >= 0.3 is 0 Å². The van der Waals surface area contributed by atoms with Crippen LogP contribution in [0.15, 0.2) is 84.9 Å². The molecule has 9 heteroatoms. The molecule has 0 bridgehead atoms. The third-order valence-corrected chi connectivity index (χ3v) is 8.41. The first-order valence-electron chi connectivity index (χ1n) is 16.2. The van der Waals surface area contributed by atoms with Crippen LogP contribution < -0.4 is 19.5 Å². The number of benzene rings is 4. The van der Waals surface area contributed by atoms with E-state index in [2.05, 4.69) is 35.6 Å². The molecule has 0 aromatic heterocycles. The molecule has 252 valence electrons. The maximum absolute atomic E-state index is 10.3. The number of ether oxygens (including phenoxy) is 7. The van der Waals surface area contributed by atoms with Gasteiger partial charge in [0.05, 0.1) is 52.9 Å². The largest absolute Gasteiger partial charge is 0.496 e. The summed E-state index contributed by atoms with van der Waals surface area (Å²) in [6.07, 6.45) is -1.30. The van der Waals surface area contributed by atoms with E-state index in [0.29, 0.717) is 39.5 Å². The zero-order chi connectivity index (χ0) is 33.0. The normalized spacial score (nSPS) is 19.3. The van der Waals surface area contributed by atoms with Crippen LogP contribution in [0.5, 0.6) is 17.2 Å². The molecule has 0 radical (unpaired) electrons. The van der Waals surface area contributed by atoms with Gasteiger partial charge in [-0.1, -0.05) is 54.6 Å². The van der Waals surface area contributed by atoms with Crippen LogP contribution in [0.25, 0.3) is 10.8 Å². The summed E-state index contributed by atoms with van der Waals surface area (Å²) in [5, 5.41) is 15.9. The van der Waals surface area contributed by atoms with Crippen molar-refractivity contribution < 1.29 is 38.3 Å². The Bertz CT molecular complexity index is 1530. The van der Waals surface area contributed by atoms with Crippen LogP contribution in [-0.2, 0) is 32.2 Å². The van der Waals surface area contributed by atoms with E-state index >= 15 is 0 Å². The zero-order valence-corrected chi connectivity index (χ0v) is 27.7. The first-order valence-corrected chi connectivity index (χ1v) is 16.2. The van der Waals surface area contributed by atoms with Gasteiger partial charge in [0.25, 0.3) is 0 Å². The van der Waals surface area contributed by atoms with Gasteiger partial charge in [0, 0.05) is 43.5 Å². The Kier molecular flexibility index (Phi) is 12.9. The summed E-state index contributed by atoms with van der Waals surface area (Å²) in [7, 11) is 4.90. The molecule has 0 aliphatic carbocycles. The van der Waals surface area contributed by atoms with E-state index < -0.39 is 12.4 Å². The quantitative estimate of drug-likeness (QED) is 0.108. The number of methoxy groups -OCH3 is 3. The van der Waals surface area contributed by atoms with E-state index in [1.807, 2.05) is 54.6 Å². The second-order valence-corrected chi connectivity index (χ2v) is 11.7. The molecule has 2 unspecified atom stereocenters. The van der Waals surface area contributed by atoms with Crippen LogP contribution in [-0.4, -0.2) is 77.3 Å². The number of hydrogen-bond acceptors (Lipinski definition) is 9. The second-order valence-electron chi connectivity index (χ2n) is 11.7. The standard InChI is InChI=1S/C38H47NO8/c1-26(40)38(43-4)47-36-23-39-22-35(46-24-27-20-29-10-5-7-12-32(29)34(21-27)42-3)37(36)28-14-16-31(17-15-28)45-19-9-18-44-25-30-11-6-8-13-33(30)41-2/h5-8,10-17,20-21,26,35-40H,9,18-19,22-25H2,1-4H3/t26?,35-,36+,37+,38?/m0/s1. The van der Waals surface area contributed by atoms with E-state index in [-0.39, 0.29) is 18.1 Å². The molecule has 1 fully saturated rings. The van der Waals surface area contributed by atoms with Gasteiger partial charge in [-0.05, 0) is 53.8 Å². The minimum Gasteiger partial charge on any atom is -0.496 e. The molecular weight excluding hydrogens is 598 g/mol. The van der Waals surface area contributed by atoms with E-state index in [0.717, 1.165) is 51.1 Å². The summed E-state index contributed by atoms with van der Waals surface area (Å²) in [6.45, 7) is 4.92. The zero-order valence-electron chi connectivity index (χ0n) is 27.7. The Morgan fingerprint density at radius 3 is 2.32 bits per heavy atom. The number of aliphatic hydroxyl groups is 1. The van der Waals surface area contributed by atoms with Gasteiger partial charge in [-0.3, -0.25) is 0 Å². The predicted octanol–water partition coefficient (Wildman–Crippen LogP) is 5.85. The van der Waals surface area contributed by atoms with Crippen molar-refractivity contribution in [3.8, 4) is 17.2 Å². The van der Waals surface area contributed by atoms with Gasteiger partial charge in [-0.2, -0.15) is 0 Å². The molecule has 1 heterocycles. The molecular formula is C38H47NO8. The van der Waals surface area contributed by atoms with Crippen LogP contribution >= 0.6 is 0 Å². The Hall–Kier alpha value is -3.70. The van der Waals surface area contributed by atoms with Gasteiger partial charge in [-0.15, -0.1) is 0 Å². The van der Waals surface area contributed by atoms with Crippen molar-refractivity contribution in [1.29, 1.82) is 0 Å². The number of nitrogens with one attached hydrogen (secondary N) is 1. The summed E-state index contributed by atoms with van der Waals surface area (Å²) in [4.78, 5) is 0. The molecule has 1 aliphatic rings. The van der Waals surface area contributed by atoms with Gasteiger partial charge < -0.3 is 43.6 Å². The second kappa shape index (κ2) is 17.5. The van der Waals surface area contributed by atoms with Crippen molar-refractivity contribution in [1.82, 2.24) is 5.32 Å². The lowest BCUT2D eigenvalue weighted by Gasteiger charge is -2.40. The van der Waals surface area contributed by atoms with Gasteiger partial charge in [-0.25, -0.2) is 0 Å². The lowest BCUT2D eigenvalue weighted by molar-refractivity contribution is -0.213. The van der Waals surface area contributed by atoms with Crippen molar-refractivity contribution in [2.45, 2.75) is 57.1 Å². The van der Waals surface area contributed by atoms with Crippen molar-refractivity contribution in [3.63, 3.8) is 0 Å². The first-order chi connectivity index (χ1) is 23.0. The van der Waals surface area contributed by atoms with Crippen molar-refractivity contribution in [2.75, 3.05) is 47.6 Å². The maximum atomic E-state index is 10.3. The van der Waals surface area contributed by atoms with E-state index in [9.17, 15) is 5.11 Å². The highest BCUT2D eigenvalue weighted by atomic mass is 16.7. The predicted molar refractivity (Wildman–Crippen MR) is 181 cm³/mol. The van der Waals surface area contributed by atoms with Crippen molar-refractivity contribution in [2.24, 2.45) is 0 Å². The summed E-state index contributed by atoms with van der Waals surface area (Å²) >= 11 is 0. The van der Waals surface area contributed by atoms with Crippen molar-refractivity contribution >= 4 is 10.8 Å². The third kappa shape index (κ3) is 9.22. The lowest BCUT2D eigenvalue weighted by Crippen LogP contribution is -2.52. The summed E-state index contributed by atoms with van der Waals surface area (Å²) < 4.78 is 41.4. The summed E-state index contributed by atoms with van der Waals surface area (Å²) in [6, 6.07) is 28.3. The Labute approximate surface area is 277 Å². The molecule has 4 aromatic carbocycles. The Balaban J connectivity index is 1.23. The molecule has 9 nitrogen and oxygen atoms in total. The number of hydrogen-bond donors (Lipinski definition) is 2. The summed E-state index contributed by atoms with van der Waals surface area (Å²) in [5.74, 6) is 2.31. The maximum Gasteiger partial charge on any atom is 0.183 e. The minimum absolute atomic E-state index is 0.118. The highest BCUT2D eigenvalue weighted by Gasteiger charge is 2.38. The average Bonchev–Trinajstić information content (AvgIpc) is 3.11. The third-order valence-electron chi connectivity index (χ3n) is 8.41. The van der Waals surface area contributed by atoms with Crippen molar-refractivity contribution in [3.05, 3.63) is 102 Å². The molecule has 1 aliphatic heterocycles. The highest BCUT2D eigenvalue weighted by Crippen LogP contribution is 2.34. The van der Waals surface area contributed by atoms with Crippen LogP contribution in [0, 0.1) is 0 Å². The van der Waals surface area contributed by atoms with E-state index in [4.69, 9.17) is 33.2 Å².